The van der Waals surface area contributed by atoms with E-state index >= 15 is 0 Å². The Morgan fingerprint density at radius 1 is 1.00 bits per heavy atom. The van der Waals surface area contributed by atoms with Gasteiger partial charge in [0.1, 0.15) is 0 Å². The lowest BCUT2D eigenvalue weighted by Crippen LogP contribution is -2.27. The van der Waals surface area contributed by atoms with Crippen molar-refractivity contribution < 1.29 is 17.9 Å². The first-order chi connectivity index (χ1) is 11.9. The van der Waals surface area contributed by atoms with Crippen molar-refractivity contribution in [2.24, 2.45) is 0 Å². The van der Waals surface area contributed by atoms with Gasteiger partial charge < -0.3 is 9.47 Å². The molecule has 1 aliphatic rings. The van der Waals surface area contributed by atoms with Crippen LogP contribution in [-0.4, -0.2) is 21.6 Å². The molecular weight excluding hydrogens is 385 g/mol. The quantitative estimate of drug-likeness (QED) is 0.833. The molecule has 2 aromatic rings. The third kappa shape index (κ3) is 4.20. The van der Waals surface area contributed by atoms with E-state index in [0.29, 0.717) is 40.3 Å². The van der Waals surface area contributed by atoms with E-state index in [2.05, 4.69) is 4.72 Å². The summed E-state index contributed by atoms with van der Waals surface area (Å²) >= 11 is 11.9. The molecule has 0 amide bonds. The van der Waals surface area contributed by atoms with Crippen molar-refractivity contribution in [2.45, 2.75) is 24.3 Å². The van der Waals surface area contributed by atoms with Crippen LogP contribution >= 0.6 is 23.2 Å². The molecule has 0 radical (unpaired) electrons. The first kappa shape index (κ1) is 18.3. The Bertz CT molecular complexity index is 886. The average Bonchev–Trinajstić information content (AvgIpc) is 2.81. The van der Waals surface area contributed by atoms with Crippen LogP contribution in [0.15, 0.2) is 41.3 Å². The fourth-order valence-corrected chi connectivity index (χ4v) is 4.01. The number of halogens is 2. The molecule has 1 atom stereocenters. The molecule has 25 heavy (non-hydrogen) atoms. The Kier molecular flexibility index (Phi) is 5.43. The van der Waals surface area contributed by atoms with Gasteiger partial charge in [-0.15, -0.1) is 0 Å². The summed E-state index contributed by atoms with van der Waals surface area (Å²) in [6.45, 7) is 2.77. The van der Waals surface area contributed by atoms with Crippen molar-refractivity contribution in [3.05, 3.63) is 52.0 Å². The standard InChI is InChI=1S/C17H17Cl2NO4S/c1-11(12-3-5-14(18)15(19)9-12)20-25(21,22)13-4-6-16-17(10-13)24-8-2-7-23-16/h3-6,9-11,20H,2,7-8H2,1H3. The number of sulfonamides is 1. The van der Waals surface area contributed by atoms with Crippen molar-refractivity contribution in [2.75, 3.05) is 13.2 Å². The van der Waals surface area contributed by atoms with Crippen LogP contribution < -0.4 is 14.2 Å². The van der Waals surface area contributed by atoms with Crippen LogP contribution in [0.2, 0.25) is 10.0 Å². The minimum Gasteiger partial charge on any atom is -0.490 e. The van der Waals surface area contributed by atoms with E-state index in [-0.39, 0.29) is 4.90 Å². The molecule has 2 aromatic carbocycles. The number of nitrogens with one attached hydrogen (secondary N) is 1. The van der Waals surface area contributed by atoms with Gasteiger partial charge in [-0.2, -0.15) is 0 Å². The van der Waals surface area contributed by atoms with Crippen molar-refractivity contribution in [1.29, 1.82) is 0 Å². The molecule has 1 N–H and O–H groups in total. The van der Waals surface area contributed by atoms with Gasteiger partial charge in [0.15, 0.2) is 11.5 Å². The predicted octanol–water partition coefficient (Wildman–Crippen LogP) is 4.19. The minimum atomic E-state index is -3.74. The maximum atomic E-state index is 12.7. The van der Waals surface area contributed by atoms with Crippen molar-refractivity contribution in [3.8, 4) is 11.5 Å². The lowest BCUT2D eigenvalue weighted by molar-refractivity contribution is 0.297. The molecule has 1 aliphatic heterocycles. The summed E-state index contributed by atoms with van der Waals surface area (Å²) in [5.74, 6) is 0.983. The summed E-state index contributed by atoms with van der Waals surface area (Å²) in [5.41, 5.74) is 0.715. The number of fused-ring (bicyclic) bond motifs is 1. The number of rotatable bonds is 4. The molecule has 3 rings (SSSR count). The highest BCUT2D eigenvalue weighted by Crippen LogP contribution is 2.32. The lowest BCUT2D eigenvalue weighted by Gasteiger charge is -2.16. The second-order valence-electron chi connectivity index (χ2n) is 5.68. The smallest absolute Gasteiger partial charge is 0.241 e. The van der Waals surface area contributed by atoms with E-state index < -0.39 is 16.1 Å². The number of hydrogen-bond donors (Lipinski definition) is 1. The Hall–Kier alpha value is -1.47. The molecule has 0 aliphatic carbocycles. The molecule has 0 saturated carbocycles. The van der Waals surface area contributed by atoms with E-state index in [1.807, 2.05) is 0 Å². The van der Waals surface area contributed by atoms with Crippen LogP contribution in [0.5, 0.6) is 11.5 Å². The molecule has 5 nitrogen and oxygen atoms in total. The molecule has 0 fully saturated rings. The average molecular weight is 402 g/mol. The first-order valence-electron chi connectivity index (χ1n) is 7.74. The van der Waals surface area contributed by atoms with Crippen LogP contribution in [0, 0.1) is 0 Å². The molecule has 0 saturated heterocycles. The van der Waals surface area contributed by atoms with E-state index in [4.69, 9.17) is 32.7 Å². The summed E-state index contributed by atoms with van der Waals surface area (Å²) in [7, 11) is -3.74. The number of ether oxygens (including phenoxy) is 2. The molecule has 1 heterocycles. The van der Waals surface area contributed by atoms with E-state index in [9.17, 15) is 8.42 Å². The highest BCUT2D eigenvalue weighted by atomic mass is 35.5. The van der Waals surface area contributed by atoms with Gasteiger partial charge in [0.2, 0.25) is 10.0 Å². The van der Waals surface area contributed by atoms with Gasteiger partial charge in [-0.05, 0) is 36.8 Å². The normalized spacial score (nSPS) is 15.5. The molecule has 0 spiro atoms. The Balaban J connectivity index is 1.83. The molecule has 1 unspecified atom stereocenters. The van der Waals surface area contributed by atoms with Crippen LogP contribution in [0.4, 0.5) is 0 Å². The summed E-state index contributed by atoms with van der Waals surface area (Å²) in [4.78, 5) is 0.115. The third-order valence-corrected chi connectivity index (χ3v) is 6.08. The monoisotopic (exact) mass is 401 g/mol. The first-order valence-corrected chi connectivity index (χ1v) is 9.98. The van der Waals surface area contributed by atoms with Crippen LogP contribution in [0.3, 0.4) is 0 Å². The lowest BCUT2D eigenvalue weighted by atomic mass is 10.1. The summed E-state index contributed by atoms with van der Waals surface area (Å²) in [6.07, 6.45) is 0.753. The van der Waals surface area contributed by atoms with Crippen molar-refractivity contribution in [3.63, 3.8) is 0 Å². The Labute approximate surface area is 156 Å². The van der Waals surface area contributed by atoms with Gasteiger partial charge in [0.25, 0.3) is 0 Å². The maximum absolute atomic E-state index is 12.7. The predicted molar refractivity (Wildman–Crippen MR) is 97.2 cm³/mol. The third-order valence-electron chi connectivity index (χ3n) is 3.80. The highest BCUT2D eigenvalue weighted by Gasteiger charge is 2.21. The molecular formula is C17H17Cl2NO4S. The largest absolute Gasteiger partial charge is 0.490 e. The summed E-state index contributed by atoms with van der Waals surface area (Å²) < 4.78 is 39.1. The van der Waals surface area contributed by atoms with Crippen molar-refractivity contribution >= 4 is 33.2 Å². The fourth-order valence-electron chi connectivity index (χ4n) is 2.46. The number of benzene rings is 2. The number of hydrogen-bond acceptors (Lipinski definition) is 4. The molecule has 0 aromatic heterocycles. The van der Waals surface area contributed by atoms with Gasteiger partial charge in [-0.1, -0.05) is 29.3 Å². The Morgan fingerprint density at radius 2 is 1.72 bits per heavy atom. The molecule has 134 valence electrons. The van der Waals surface area contributed by atoms with Crippen molar-refractivity contribution in [1.82, 2.24) is 4.72 Å². The van der Waals surface area contributed by atoms with Gasteiger partial charge >= 0.3 is 0 Å². The maximum Gasteiger partial charge on any atom is 0.241 e. The van der Waals surface area contributed by atoms with Crippen LogP contribution in [-0.2, 0) is 10.0 Å². The zero-order chi connectivity index (χ0) is 18.0. The van der Waals surface area contributed by atoms with Gasteiger partial charge in [-0.25, -0.2) is 13.1 Å². The van der Waals surface area contributed by atoms with E-state index in [1.54, 1.807) is 31.2 Å². The van der Waals surface area contributed by atoms with E-state index in [0.717, 1.165) is 6.42 Å². The minimum absolute atomic E-state index is 0.115. The van der Waals surface area contributed by atoms with Gasteiger partial charge in [0, 0.05) is 18.5 Å². The summed E-state index contributed by atoms with van der Waals surface area (Å²) in [6, 6.07) is 9.12. The summed E-state index contributed by atoms with van der Waals surface area (Å²) in [5, 5.41) is 0.796. The molecule has 0 bridgehead atoms. The zero-order valence-corrected chi connectivity index (χ0v) is 15.8. The zero-order valence-electron chi connectivity index (χ0n) is 13.5. The second kappa shape index (κ2) is 7.41. The Morgan fingerprint density at radius 3 is 2.44 bits per heavy atom. The highest BCUT2D eigenvalue weighted by molar-refractivity contribution is 7.89. The van der Waals surface area contributed by atoms with Crippen LogP contribution in [0.25, 0.3) is 0 Å². The topological polar surface area (TPSA) is 64.6 Å². The van der Waals surface area contributed by atoms with Gasteiger partial charge in [0.05, 0.1) is 28.2 Å². The van der Waals surface area contributed by atoms with E-state index in [1.165, 1.54) is 12.1 Å². The van der Waals surface area contributed by atoms with Crippen LogP contribution in [0.1, 0.15) is 24.9 Å². The fraction of sp³-hybridized carbons (Fsp3) is 0.294. The second-order valence-corrected chi connectivity index (χ2v) is 8.20. The SMILES string of the molecule is CC(NS(=O)(=O)c1ccc2c(c1)OCCCO2)c1ccc(Cl)c(Cl)c1. The molecule has 8 heteroatoms. The van der Waals surface area contributed by atoms with Gasteiger partial charge in [-0.3, -0.25) is 0 Å².